The van der Waals surface area contributed by atoms with Gasteiger partial charge in [-0.05, 0) is 67.4 Å². The summed E-state index contributed by atoms with van der Waals surface area (Å²) in [5, 5.41) is 8.39. The maximum absolute atomic E-state index is 13.0. The van der Waals surface area contributed by atoms with E-state index in [0.29, 0.717) is 40.4 Å². The van der Waals surface area contributed by atoms with Crippen molar-refractivity contribution in [2.24, 2.45) is 0 Å². The number of carbonyl (C=O) groups excluding carboxylic acids is 3. The number of hydrogen-bond acceptors (Lipinski definition) is 5. The zero-order valence-electron chi connectivity index (χ0n) is 21.1. The summed E-state index contributed by atoms with van der Waals surface area (Å²) in [6, 6.07) is 19.9. The highest BCUT2D eigenvalue weighted by Crippen LogP contribution is 2.19. The lowest BCUT2D eigenvalue weighted by molar-refractivity contribution is -0.111. The molecule has 8 nitrogen and oxygen atoms in total. The van der Waals surface area contributed by atoms with E-state index >= 15 is 0 Å². The molecule has 0 saturated carbocycles. The Morgan fingerprint density at radius 3 is 2.24 bits per heavy atom. The molecule has 0 atom stereocenters. The average Bonchev–Trinajstić information content (AvgIpc) is 2.91. The molecule has 1 aromatic heterocycles. The third-order valence-electron chi connectivity index (χ3n) is 5.73. The van der Waals surface area contributed by atoms with Gasteiger partial charge in [-0.15, -0.1) is 0 Å². The van der Waals surface area contributed by atoms with Gasteiger partial charge < -0.3 is 16.0 Å². The predicted octanol–water partition coefficient (Wildman–Crippen LogP) is 5.31. The van der Waals surface area contributed by atoms with Gasteiger partial charge in [0.1, 0.15) is 5.82 Å². The van der Waals surface area contributed by atoms with E-state index in [0.717, 1.165) is 16.7 Å². The molecular weight excluding hydrogens is 478 g/mol. The van der Waals surface area contributed by atoms with Crippen LogP contribution in [0.5, 0.6) is 0 Å². The molecule has 1 heterocycles. The van der Waals surface area contributed by atoms with Crippen molar-refractivity contribution in [3.05, 3.63) is 125 Å². The minimum Gasteiger partial charge on any atom is -0.323 e. The highest BCUT2D eigenvalue weighted by Gasteiger charge is 2.13. The highest BCUT2D eigenvalue weighted by molar-refractivity contribution is 6.08. The lowest BCUT2D eigenvalue weighted by atomic mass is 10.1. The van der Waals surface area contributed by atoms with E-state index in [-0.39, 0.29) is 17.7 Å². The number of hydrogen-bond donors (Lipinski definition) is 3. The molecule has 0 unspecified atom stereocenters. The van der Waals surface area contributed by atoms with E-state index < -0.39 is 0 Å². The maximum atomic E-state index is 13.0. The third kappa shape index (κ3) is 6.76. The number of nitrogens with one attached hydrogen (secondary N) is 3. The van der Waals surface area contributed by atoms with Crippen molar-refractivity contribution < 1.29 is 14.4 Å². The molecule has 0 radical (unpaired) electrons. The molecular formula is C30H27N5O3. The van der Waals surface area contributed by atoms with Crippen LogP contribution < -0.4 is 16.0 Å². The molecule has 4 aromatic rings. The van der Waals surface area contributed by atoms with Gasteiger partial charge in [-0.1, -0.05) is 42.5 Å². The third-order valence-corrected chi connectivity index (χ3v) is 5.73. The Labute approximate surface area is 220 Å². The molecule has 8 heteroatoms. The molecule has 0 saturated heterocycles. The number of aromatic nitrogens is 2. The lowest BCUT2D eigenvalue weighted by Crippen LogP contribution is -2.16. The van der Waals surface area contributed by atoms with Gasteiger partial charge in [0.25, 0.3) is 11.8 Å². The van der Waals surface area contributed by atoms with Gasteiger partial charge in [0.15, 0.2) is 0 Å². The van der Waals surface area contributed by atoms with Gasteiger partial charge in [0.2, 0.25) is 5.91 Å². The van der Waals surface area contributed by atoms with E-state index in [2.05, 4.69) is 32.5 Å². The van der Waals surface area contributed by atoms with Crippen LogP contribution in [0.1, 0.15) is 43.2 Å². The molecule has 0 bridgehead atoms. The van der Waals surface area contributed by atoms with Gasteiger partial charge in [-0.2, -0.15) is 0 Å². The number of nitrogens with zero attached hydrogens (tertiary/aromatic N) is 2. The Bertz CT molecular complexity index is 1510. The number of aryl methyl sites for hydroxylation is 2. The summed E-state index contributed by atoms with van der Waals surface area (Å²) in [4.78, 5) is 45.9. The summed E-state index contributed by atoms with van der Waals surface area (Å²) < 4.78 is 0. The molecule has 0 fully saturated rings. The number of anilines is 3. The summed E-state index contributed by atoms with van der Waals surface area (Å²) in [5.74, 6) is -0.308. The summed E-state index contributed by atoms with van der Waals surface area (Å²) >= 11 is 0. The van der Waals surface area contributed by atoms with Crippen molar-refractivity contribution in [1.82, 2.24) is 9.97 Å². The Hall–Kier alpha value is -5.11. The number of rotatable bonds is 8. The first-order valence-electron chi connectivity index (χ1n) is 11.9. The van der Waals surface area contributed by atoms with Crippen LogP contribution in [0.15, 0.2) is 91.8 Å². The average molecular weight is 506 g/mol. The second kappa shape index (κ2) is 11.7. The summed E-state index contributed by atoms with van der Waals surface area (Å²) in [6.45, 7) is 7.20. The lowest BCUT2D eigenvalue weighted by Gasteiger charge is -2.11. The summed E-state index contributed by atoms with van der Waals surface area (Å²) in [6.07, 6.45) is 4.75. The van der Waals surface area contributed by atoms with Crippen molar-refractivity contribution in [1.29, 1.82) is 0 Å². The van der Waals surface area contributed by atoms with Crippen molar-refractivity contribution >= 4 is 34.8 Å². The van der Waals surface area contributed by atoms with Crippen LogP contribution in [0.3, 0.4) is 0 Å². The number of benzene rings is 3. The van der Waals surface area contributed by atoms with E-state index in [9.17, 15) is 14.4 Å². The molecule has 190 valence electrons. The van der Waals surface area contributed by atoms with Gasteiger partial charge >= 0.3 is 0 Å². The number of carbonyl (C=O) groups is 3. The molecule has 3 N–H and O–H groups in total. The minimum absolute atomic E-state index is 0.249. The zero-order chi connectivity index (χ0) is 27.1. The minimum atomic E-state index is -0.337. The molecule has 0 aliphatic heterocycles. The largest absolute Gasteiger partial charge is 0.323 e. The number of amides is 3. The van der Waals surface area contributed by atoms with Crippen LogP contribution >= 0.6 is 0 Å². The molecule has 0 aliphatic rings. The standard InChI is InChI=1S/C30H27N5O3/c1-4-28(36)33-23-10-6-8-21(14-23)15-27-31-17-25(18-32-27)35-30(38)26-16-24(12-11-20(26)3)34-29(37)22-9-5-7-19(2)13-22/h4-14,16-18H,1,15H2,2-3H3,(H,33,36)(H,34,37)(H,35,38). The van der Waals surface area contributed by atoms with Crippen LogP contribution in [0.25, 0.3) is 0 Å². The second-order valence-corrected chi connectivity index (χ2v) is 8.77. The molecule has 0 aliphatic carbocycles. The van der Waals surface area contributed by atoms with Crippen molar-refractivity contribution in [2.75, 3.05) is 16.0 Å². The van der Waals surface area contributed by atoms with E-state index in [1.165, 1.54) is 6.08 Å². The van der Waals surface area contributed by atoms with Gasteiger partial charge in [0, 0.05) is 28.9 Å². The zero-order valence-corrected chi connectivity index (χ0v) is 21.1. The SMILES string of the molecule is C=CC(=O)Nc1cccc(Cc2ncc(NC(=O)c3cc(NC(=O)c4cccc(C)c4)ccc3C)cn2)c1. The molecule has 4 rings (SSSR count). The van der Waals surface area contributed by atoms with Crippen LogP contribution in [-0.4, -0.2) is 27.7 Å². The topological polar surface area (TPSA) is 113 Å². The van der Waals surface area contributed by atoms with E-state index in [1.54, 1.807) is 48.8 Å². The first kappa shape index (κ1) is 26.0. The van der Waals surface area contributed by atoms with Crippen LogP contribution in [0, 0.1) is 13.8 Å². The van der Waals surface area contributed by atoms with Crippen LogP contribution in [0.4, 0.5) is 17.1 Å². The Balaban J connectivity index is 1.41. The van der Waals surface area contributed by atoms with Crippen LogP contribution in [0.2, 0.25) is 0 Å². The van der Waals surface area contributed by atoms with Crippen molar-refractivity contribution in [3.63, 3.8) is 0 Å². The van der Waals surface area contributed by atoms with Gasteiger partial charge in [0.05, 0.1) is 18.1 Å². The van der Waals surface area contributed by atoms with E-state index in [4.69, 9.17) is 0 Å². The maximum Gasteiger partial charge on any atom is 0.256 e. The molecule has 3 aromatic carbocycles. The molecule has 0 spiro atoms. The van der Waals surface area contributed by atoms with Crippen LogP contribution in [-0.2, 0) is 11.2 Å². The highest BCUT2D eigenvalue weighted by atomic mass is 16.2. The molecule has 38 heavy (non-hydrogen) atoms. The Morgan fingerprint density at radius 2 is 1.50 bits per heavy atom. The first-order chi connectivity index (χ1) is 18.3. The van der Waals surface area contributed by atoms with Gasteiger partial charge in [-0.3, -0.25) is 14.4 Å². The fourth-order valence-electron chi connectivity index (χ4n) is 3.78. The predicted molar refractivity (Wildman–Crippen MR) is 148 cm³/mol. The van der Waals surface area contributed by atoms with E-state index in [1.807, 2.05) is 44.2 Å². The fourth-order valence-corrected chi connectivity index (χ4v) is 3.78. The quantitative estimate of drug-likeness (QED) is 0.281. The monoisotopic (exact) mass is 505 g/mol. The normalized spacial score (nSPS) is 10.4. The molecule has 3 amide bonds. The summed E-state index contributed by atoms with van der Waals surface area (Å²) in [5.41, 5.74) is 5.26. The first-order valence-corrected chi connectivity index (χ1v) is 11.9. The smallest absolute Gasteiger partial charge is 0.256 e. The summed E-state index contributed by atoms with van der Waals surface area (Å²) in [7, 11) is 0. The Kier molecular flexibility index (Phi) is 8.03. The van der Waals surface area contributed by atoms with Crippen molar-refractivity contribution in [2.45, 2.75) is 20.3 Å². The fraction of sp³-hybridized carbons (Fsp3) is 0.100. The second-order valence-electron chi connectivity index (χ2n) is 8.77. The van der Waals surface area contributed by atoms with Gasteiger partial charge in [-0.25, -0.2) is 9.97 Å². The Morgan fingerprint density at radius 1 is 0.789 bits per heavy atom. The van der Waals surface area contributed by atoms with Crippen molar-refractivity contribution in [3.8, 4) is 0 Å².